The summed E-state index contributed by atoms with van der Waals surface area (Å²) >= 11 is 0. The second kappa shape index (κ2) is 6.39. The Balaban J connectivity index is 4.20. The predicted octanol–water partition coefficient (Wildman–Crippen LogP) is 0.589. The van der Waals surface area contributed by atoms with Gasteiger partial charge in [0.25, 0.3) is 0 Å². The van der Waals surface area contributed by atoms with Crippen molar-refractivity contribution in [3.05, 3.63) is 11.8 Å². The van der Waals surface area contributed by atoms with Gasteiger partial charge in [-0.1, -0.05) is 19.4 Å². The summed E-state index contributed by atoms with van der Waals surface area (Å²) in [5, 5.41) is 2.27. The molecular formula is C8H13NO3. The molecular weight excluding hydrogens is 158 g/mol. The van der Waals surface area contributed by atoms with Crippen LogP contribution in [0, 0.1) is 0 Å². The molecule has 0 aliphatic rings. The van der Waals surface area contributed by atoms with Crippen molar-refractivity contribution in [1.29, 1.82) is 0 Å². The molecule has 0 bridgehead atoms. The van der Waals surface area contributed by atoms with Crippen LogP contribution in [0.15, 0.2) is 11.8 Å². The van der Waals surface area contributed by atoms with Crippen molar-refractivity contribution in [3.8, 4) is 0 Å². The van der Waals surface area contributed by atoms with E-state index in [4.69, 9.17) is 0 Å². The first-order valence-corrected chi connectivity index (χ1v) is 3.74. The van der Waals surface area contributed by atoms with E-state index in [0.717, 1.165) is 12.8 Å². The maximum Gasteiger partial charge on any atom is 0.354 e. The molecule has 68 valence electrons. The first-order chi connectivity index (χ1) is 5.76. The molecule has 0 rings (SSSR count). The van der Waals surface area contributed by atoms with Crippen LogP contribution in [0.2, 0.25) is 0 Å². The smallest absolute Gasteiger partial charge is 0.354 e. The SMILES string of the molecule is CCC/C=C(\NC=O)C(=O)OC. The zero-order chi connectivity index (χ0) is 9.40. The summed E-state index contributed by atoms with van der Waals surface area (Å²) in [5.74, 6) is -0.518. The molecule has 0 saturated heterocycles. The molecule has 4 nitrogen and oxygen atoms in total. The van der Waals surface area contributed by atoms with Crippen LogP contribution in [0.25, 0.3) is 0 Å². The highest BCUT2D eigenvalue weighted by Gasteiger charge is 2.06. The standard InChI is InChI=1S/C8H13NO3/c1-3-4-5-7(9-6-10)8(11)12-2/h5-6H,3-4H2,1-2H3,(H,9,10)/b7-5-. The van der Waals surface area contributed by atoms with E-state index in [-0.39, 0.29) is 5.70 Å². The number of nitrogens with one attached hydrogen (secondary N) is 1. The Morgan fingerprint density at radius 2 is 2.25 bits per heavy atom. The Kier molecular flexibility index (Phi) is 5.69. The van der Waals surface area contributed by atoms with Gasteiger partial charge < -0.3 is 10.1 Å². The van der Waals surface area contributed by atoms with E-state index in [0.29, 0.717) is 6.41 Å². The Morgan fingerprint density at radius 3 is 2.67 bits per heavy atom. The lowest BCUT2D eigenvalue weighted by atomic mass is 10.3. The number of rotatable bonds is 5. The second-order valence-corrected chi connectivity index (χ2v) is 2.16. The van der Waals surface area contributed by atoms with Crippen molar-refractivity contribution < 1.29 is 14.3 Å². The molecule has 1 amide bonds. The minimum atomic E-state index is -0.518. The van der Waals surface area contributed by atoms with Crippen molar-refractivity contribution in [3.63, 3.8) is 0 Å². The lowest BCUT2D eigenvalue weighted by Gasteiger charge is -2.01. The lowest BCUT2D eigenvalue weighted by Crippen LogP contribution is -2.19. The molecule has 1 N–H and O–H groups in total. The maximum absolute atomic E-state index is 10.9. The van der Waals surface area contributed by atoms with E-state index < -0.39 is 5.97 Å². The van der Waals surface area contributed by atoms with Crippen LogP contribution in [0.1, 0.15) is 19.8 Å². The highest BCUT2D eigenvalue weighted by Crippen LogP contribution is 1.96. The van der Waals surface area contributed by atoms with Gasteiger partial charge in [-0.05, 0) is 6.42 Å². The van der Waals surface area contributed by atoms with Crippen molar-refractivity contribution >= 4 is 12.4 Å². The van der Waals surface area contributed by atoms with E-state index in [1.807, 2.05) is 6.92 Å². The molecule has 0 heterocycles. The largest absolute Gasteiger partial charge is 0.464 e. The summed E-state index contributed by atoms with van der Waals surface area (Å²) in [6.45, 7) is 1.98. The van der Waals surface area contributed by atoms with Gasteiger partial charge in [-0.2, -0.15) is 0 Å². The topological polar surface area (TPSA) is 55.4 Å². The van der Waals surface area contributed by atoms with Crippen LogP contribution < -0.4 is 5.32 Å². The first kappa shape index (κ1) is 10.7. The van der Waals surface area contributed by atoms with Crippen molar-refractivity contribution in [1.82, 2.24) is 5.32 Å². The summed E-state index contributed by atoms with van der Waals surface area (Å²) in [6.07, 6.45) is 3.75. The third-order valence-electron chi connectivity index (χ3n) is 1.26. The van der Waals surface area contributed by atoms with E-state index in [1.165, 1.54) is 7.11 Å². The summed E-state index contributed by atoms with van der Waals surface area (Å²) in [6, 6.07) is 0. The quantitative estimate of drug-likeness (QED) is 0.374. The number of methoxy groups -OCH3 is 1. The van der Waals surface area contributed by atoms with Gasteiger partial charge in [0.15, 0.2) is 0 Å². The Labute approximate surface area is 71.6 Å². The third-order valence-corrected chi connectivity index (χ3v) is 1.26. The number of unbranched alkanes of at least 4 members (excludes halogenated alkanes) is 1. The molecule has 0 unspecified atom stereocenters. The number of hydrogen-bond donors (Lipinski definition) is 1. The van der Waals surface area contributed by atoms with E-state index in [2.05, 4.69) is 10.1 Å². The highest BCUT2D eigenvalue weighted by molar-refractivity contribution is 5.89. The Morgan fingerprint density at radius 1 is 1.58 bits per heavy atom. The van der Waals surface area contributed by atoms with E-state index in [9.17, 15) is 9.59 Å². The molecule has 0 radical (unpaired) electrons. The predicted molar refractivity (Wildman–Crippen MR) is 44.2 cm³/mol. The zero-order valence-corrected chi connectivity index (χ0v) is 7.29. The minimum Gasteiger partial charge on any atom is -0.464 e. The number of amides is 1. The van der Waals surface area contributed by atoms with Crippen molar-refractivity contribution in [2.45, 2.75) is 19.8 Å². The summed E-state index contributed by atoms with van der Waals surface area (Å²) < 4.78 is 4.43. The Hall–Kier alpha value is -1.32. The van der Waals surface area contributed by atoms with Gasteiger partial charge in [0.1, 0.15) is 5.70 Å². The summed E-state index contributed by atoms with van der Waals surface area (Å²) in [5.41, 5.74) is 0.203. The minimum absolute atomic E-state index is 0.203. The molecule has 0 spiro atoms. The number of carbonyl (C=O) groups excluding carboxylic acids is 2. The lowest BCUT2D eigenvalue weighted by molar-refractivity contribution is -0.137. The molecule has 12 heavy (non-hydrogen) atoms. The number of hydrogen-bond acceptors (Lipinski definition) is 3. The summed E-state index contributed by atoms with van der Waals surface area (Å²) in [4.78, 5) is 20.9. The van der Waals surface area contributed by atoms with Gasteiger partial charge in [-0.3, -0.25) is 4.79 Å². The average molecular weight is 171 g/mol. The fraction of sp³-hybridized carbons (Fsp3) is 0.500. The van der Waals surface area contributed by atoms with Crippen LogP contribution in [0.5, 0.6) is 0 Å². The molecule has 0 aromatic heterocycles. The molecule has 4 heteroatoms. The van der Waals surface area contributed by atoms with Gasteiger partial charge >= 0.3 is 5.97 Å². The monoisotopic (exact) mass is 171 g/mol. The van der Waals surface area contributed by atoms with Gasteiger partial charge in [0.05, 0.1) is 7.11 Å². The van der Waals surface area contributed by atoms with Crippen molar-refractivity contribution in [2.24, 2.45) is 0 Å². The van der Waals surface area contributed by atoms with E-state index >= 15 is 0 Å². The number of esters is 1. The number of carbonyl (C=O) groups is 2. The number of ether oxygens (including phenoxy) is 1. The molecule has 0 aliphatic heterocycles. The molecule has 0 atom stereocenters. The number of allylic oxidation sites excluding steroid dienone is 1. The highest BCUT2D eigenvalue weighted by atomic mass is 16.5. The fourth-order valence-corrected chi connectivity index (χ4v) is 0.663. The Bertz CT molecular complexity index is 187. The van der Waals surface area contributed by atoms with Gasteiger partial charge in [-0.25, -0.2) is 4.79 Å². The van der Waals surface area contributed by atoms with Crippen LogP contribution in [-0.4, -0.2) is 19.5 Å². The van der Waals surface area contributed by atoms with Gasteiger partial charge in [-0.15, -0.1) is 0 Å². The molecule has 0 aromatic carbocycles. The third kappa shape index (κ3) is 3.75. The summed E-state index contributed by atoms with van der Waals surface area (Å²) in [7, 11) is 1.27. The van der Waals surface area contributed by atoms with Crippen LogP contribution in [-0.2, 0) is 14.3 Å². The van der Waals surface area contributed by atoms with Crippen molar-refractivity contribution in [2.75, 3.05) is 7.11 Å². The van der Waals surface area contributed by atoms with Crippen LogP contribution >= 0.6 is 0 Å². The van der Waals surface area contributed by atoms with Crippen LogP contribution in [0.4, 0.5) is 0 Å². The first-order valence-electron chi connectivity index (χ1n) is 3.74. The van der Waals surface area contributed by atoms with E-state index in [1.54, 1.807) is 6.08 Å². The van der Waals surface area contributed by atoms with Crippen LogP contribution in [0.3, 0.4) is 0 Å². The molecule has 0 aromatic rings. The molecule has 0 fully saturated rings. The zero-order valence-electron chi connectivity index (χ0n) is 7.29. The average Bonchev–Trinajstić information content (AvgIpc) is 2.11. The maximum atomic E-state index is 10.9. The second-order valence-electron chi connectivity index (χ2n) is 2.16. The molecule has 0 saturated carbocycles. The van der Waals surface area contributed by atoms with Gasteiger partial charge in [0.2, 0.25) is 6.41 Å². The fourth-order valence-electron chi connectivity index (χ4n) is 0.663. The molecule has 0 aliphatic carbocycles. The normalized spacial score (nSPS) is 10.7. The van der Waals surface area contributed by atoms with Gasteiger partial charge in [0, 0.05) is 0 Å².